The van der Waals surface area contributed by atoms with Crippen LogP contribution in [0, 0.1) is 5.92 Å². The summed E-state index contributed by atoms with van der Waals surface area (Å²) in [5.74, 6) is 0.338. The van der Waals surface area contributed by atoms with Crippen LogP contribution < -0.4 is 5.32 Å². The van der Waals surface area contributed by atoms with Crippen molar-refractivity contribution in [3.63, 3.8) is 0 Å². The highest BCUT2D eigenvalue weighted by molar-refractivity contribution is 5.81. The summed E-state index contributed by atoms with van der Waals surface area (Å²) < 4.78 is 11.0. The van der Waals surface area contributed by atoms with Crippen molar-refractivity contribution in [2.24, 2.45) is 5.92 Å². The Balaban J connectivity index is 2.02. The van der Waals surface area contributed by atoms with Gasteiger partial charge < -0.3 is 9.47 Å². The van der Waals surface area contributed by atoms with Crippen molar-refractivity contribution in [1.82, 2.24) is 5.32 Å². The quantitative estimate of drug-likeness (QED) is 0.751. The van der Waals surface area contributed by atoms with Gasteiger partial charge in [0.25, 0.3) is 0 Å². The molecule has 3 atom stereocenters. The molecule has 1 saturated heterocycles. The summed E-state index contributed by atoms with van der Waals surface area (Å²) in [5.41, 5.74) is -0.462. The first-order valence-corrected chi connectivity index (χ1v) is 7.76. The van der Waals surface area contributed by atoms with Gasteiger partial charge in [0, 0.05) is 13.2 Å². The first-order valence-electron chi connectivity index (χ1n) is 7.76. The second-order valence-corrected chi connectivity index (χ2v) is 5.71. The van der Waals surface area contributed by atoms with E-state index in [0.29, 0.717) is 12.5 Å². The van der Waals surface area contributed by atoms with Crippen LogP contribution in [0.3, 0.4) is 0 Å². The van der Waals surface area contributed by atoms with Gasteiger partial charge in [0.15, 0.2) is 0 Å². The van der Waals surface area contributed by atoms with Crippen LogP contribution in [-0.2, 0) is 14.3 Å². The summed E-state index contributed by atoms with van der Waals surface area (Å²) in [6.07, 6.45) is 6.65. The molecule has 2 fully saturated rings. The maximum atomic E-state index is 12.4. The number of hydrogen-bond acceptors (Lipinski definition) is 4. The Morgan fingerprint density at radius 2 is 2.21 bits per heavy atom. The van der Waals surface area contributed by atoms with Crippen LogP contribution in [0.1, 0.15) is 52.4 Å². The molecule has 3 unspecified atom stereocenters. The monoisotopic (exact) mass is 269 g/mol. The number of esters is 1. The highest BCUT2D eigenvalue weighted by Crippen LogP contribution is 2.39. The van der Waals surface area contributed by atoms with Gasteiger partial charge >= 0.3 is 5.97 Å². The van der Waals surface area contributed by atoms with Gasteiger partial charge in [-0.25, -0.2) is 0 Å². The SMILES string of the molecule is CCOC(=O)C1(NCC2CCCO2)CCCC1CC. The van der Waals surface area contributed by atoms with E-state index < -0.39 is 5.54 Å². The third-order valence-electron chi connectivity index (χ3n) is 4.62. The molecule has 4 nitrogen and oxygen atoms in total. The Morgan fingerprint density at radius 1 is 1.37 bits per heavy atom. The van der Waals surface area contributed by atoms with Crippen LogP contribution in [0.2, 0.25) is 0 Å². The Morgan fingerprint density at radius 3 is 2.84 bits per heavy atom. The van der Waals surface area contributed by atoms with Crippen molar-refractivity contribution in [1.29, 1.82) is 0 Å². The van der Waals surface area contributed by atoms with Gasteiger partial charge in [0.05, 0.1) is 12.7 Å². The highest BCUT2D eigenvalue weighted by Gasteiger charge is 2.49. The summed E-state index contributed by atoms with van der Waals surface area (Å²) in [6, 6.07) is 0. The van der Waals surface area contributed by atoms with E-state index in [1.54, 1.807) is 0 Å². The van der Waals surface area contributed by atoms with Crippen LogP contribution in [0.5, 0.6) is 0 Å². The van der Waals surface area contributed by atoms with E-state index in [1.807, 2.05) is 6.92 Å². The molecular formula is C15H27NO3. The number of carbonyl (C=O) groups excluding carboxylic acids is 1. The average Bonchev–Trinajstić information content (AvgIpc) is 3.06. The van der Waals surface area contributed by atoms with Crippen molar-refractivity contribution in [2.75, 3.05) is 19.8 Å². The molecule has 4 heteroatoms. The number of rotatable bonds is 6. The smallest absolute Gasteiger partial charge is 0.326 e. The Labute approximate surface area is 116 Å². The molecule has 0 radical (unpaired) electrons. The van der Waals surface area contributed by atoms with Crippen LogP contribution in [0.15, 0.2) is 0 Å². The lowest BCUT2D eigenvalue weighted by Gasteiger charge is -2.34. The van der Waals surface area contributed by atoms with E-state index in [-0.39, 0.29) is 12.1 Å². The lowest BCUT2D eigenvalue weighted by atomic mass is 9.84. The van der Waals surface area contributed by atoms with Gasteiger partial charge in [0.2, 0.25) is 0 Å². The van der Waals surface area contributed by atoms with Gasteiger partial charge in [-0.15, -0.1) is 0 Å². The van der Waals surface area contributed by atoms with E-state index in [9.17, 15) is 4.79 Å². The first kappa shape index (κ1) is 14.8. The number of carbonyl (C=O) groups is 1. The zero-order chi connectivity index (χ0) is 13.7. The van der Waals surface area contributed by atoms with E-state index in [4.69, 9.17) is 9.47 Å². The van der Waals surface area contributed by atoms with E-state index in [0.717, 1.165) is 51.7 Å². The highest BCUT2D eigenvalue weighted by atomic mass is 16.5. The number of nitrogens with one attached hydrogen (secondary N) is 1. The van der Waals surface area contributed by atoms with Crippen molar-refractivity contribution in [3.05, 3.63) is 0 Å². The molecule has 1 saturated carbocycles. The largest absolute Gasteiger partial charge is 0.465 e. The summed E-state index contributed by atoms with van der Waals surface area (Å²) >= 11 is 0. The Kier molecular flexibility index (Phi) is 5.22. The summed E-state index contributed by atoms with van der Waals surface area (Å²) in [6.45, 7) is 6.13. The molecule has 110 valence electrons. The molecule has 2 rings (SSSR count). The third kappa shape index (κ3) is 3.11. The second kappa shape index (κ2) is 6.71. The van der Waals surface area contributed by atoms with Gasteiger partial charge in [-0.05, 0) is 38.5 Å². The van der Waals surface area contributed by atoms with Crippen LogP contribution in [0.25, 0.3) is 0 Å². The zero-order valence-electron chi connectivity index (χ0n) is 12.2. The molecule has 0 aromatic heterocycles. The fourth-order valence-electron chi connectivity index (χ4n) is 3.57. The van der Waals surface area contributed by atoms with Crippen molar-refractivity contribution in [3.8, 4) is 0 Å². The van der Waals surface area contributed by atoms with Crippen LogP contribution in [0.4, 0.5) is 0 Å². The molecule has 0 aromatic rings. The van der Waals surface area contributed by atoms with E-state index >= 15 is 0 Å². The third-order valence-corrected chi connectivity index (χ3v) is 4.62. The summed E-state index contributed by atoms with van der Waals surface area (Å²) in [4.78, 5) is 12.4. The average molecular weight is 269 g/mol. The predicted octanol–water partition coefficient (Wildman–Crippen LogP) is 2.27. The lowest BCUT2D eigenvalue weighted by molar-refractivity contribution is -0.153. The normalized spacial score (nSPS) is 34.6. The van der Waals surface area contributed by atoms with Crippen LogP contribution >= 0.6 is 0 Å². The van der Waals surface area contributed by atoms with E-state index in [1.165, 1.54) is 0 Å². The molecule has 1 aliphatic heterocycles. The minimum absolute atomic E-state index is 0.0580. The predicted molar refractivity (Wildman–Crippen MR) is 74.0 cm³/mol. The topological polar surface area (TPSA) is 47.6 Å². The number of hydrogen-bond donors (Lipinski definition) is 1. The molecule has 0 amide bonds. The first-order chi connectivity index (χ1) is 9.23. The van der Waals surface area contributed by atoms with Gasteiger partial charge in [-0.1, -0.05) is 19.8 Å². The van der Waals surface area contributed by atoms with Crippen molar-refractivity contribution >= 4 is 5.97 Å². The molecule has 0 aromatic carbocycles. The fraction of sp³-hybridized carbons (Fsp3) is 0.933. The zero-order valence-corrected chi connectivity index (χ0v) is 12.2. The molecule has 0 spiro atoms. The summed E-state index contributed by atoms with van der Waals surface area (Å²) in [7, 11) is 0. The van der Waals surface area contributed by atoms with Gasteiger partial charge in [-0.3, -0.25) is 10.1 Å². The molecular weight excluding hydrogens is 242 g/mol. The van der Waals surface area contributed by atoms with Crippen molar-refractivity contribution in [2.45, 2.75) is 64.0 Å². The maximum Gasteiger partial charge on any atom is 0.326 e. The summed E-state index contributed by atoms with van der Waals surface area (Å²) in [5, 5.41) is 3.52. The lowest BCUT2D eigenvalue weighted by Crippen LogP contribution is -2.57. The molecule has 0 bridgehead atoms. The van der Waals surface area contributed by atoms with Crippen molar-refractivity contribution < 1.29 is 14.3 Å². The molecule has 1 aliphatic carbocycles. The fourth-order valence-corrected chi connectivity index (χ4v) is 3.57. The van der Waals surface area contributed by atoms with Gasteiger partial charge in [-0.2, -0.15) is 0 Å². The van der Waals surface area contributed by atoms with Crippen LogP contribution in [-0.4, -0.2) is 37.4 Å². The molecule has 2 aliphatic rings. The Bertz CT molecular complexity index is 302. The standard InChI is InChI=1S/C15H27NO3/c1-3-12-7-5-9-15(12,14(17)18-4-2)16-11-13-8-6-10-19-13/h12-13,16H,3-11H2,1-2H3. The maximum absolute atomic E-state index is 12.4. The van der Waals surface area contributed by atoms with Gasteiger partial charge in [0.1, 0.15) is 5.54 Å². The second-order valence-electron chi connectivity index (χ2n) is 5.71. The van der Waals surface area contributed by atoms with E-state index in [2.05, 4.69) is 12.2 Å². The minimum Gasteiger partial charge on any atom is -0.465 e. The minimum atomic E-state index is -0.462. The Hall–Kier alpha value is -0.610. The molecule has 19 heavy (non-hydrogen) atoms. The molecule has 1 heterocycles. The molecule has 1 N–H and O–H groups in total. The number of ether oxygens (including phenoxy) is 2.